The third kappa shape index (κ3) is 2.41. The van der Waals surface area contributed by atoms with Crippen LogP contribution in [0.3, 0.4) is 0 Å². The first-order valence-corrected chi connectivity index (χ1v) is 8.21. The minimum Gasteiger partial charge on any atom is -0.473 e. The zero-order valence-electron chi connectivity index (χ0n) is 13.9. The molecule has 2 saturated carbocycles. The summed E-state index contributed by atoms with van der Waals surface area (Å²) in [6.07, 6.45) is 6.00. The minimum atomic E-state index is 0.143. The molecule has 3 heteroatoms. The quantitative estimate of drug-likeness (QED) is 0.886. The van der Waals surface area contributed by atoms with Gasteiger partial charge in [-0.15, -0.1) is 0 Å². The van der Waals surface area contributed by atoms with Gasteiger partial charge in [0.05, 0.1) is 11.8 Å². The minimum absolute atomic E-state index is 0.143. The summed E-state index contributed by atoms with van der Waals surface area (Å²) >= 11 is 0. The highest BCUT2D eigenvalue weighted by atomic mass is 16.5. The summed E-state index contributed by atoms with van der Waals surface area (Å²) in [5.74, 6) is 1.57. The molecule has 2 aliphatic carbocycles. The van der Waals surface area contributed by atoms with E-state index in [2.05, 4.69) is 37.1 Å². The molecule has 3 atom stereocenters. The van der Waals surface area contributed by atoms with E-state index in [0.717, 1.165) is 17.5 Å². The highest BCUT2D eigenvalue weighted by Gasteiger charge is 2.59. The molecule has 1 aromatic heterocycles. The number of hydrogen-bond acceptors (Lipinski definition) is 3. The van der Waals surface area contributed by atoms with Crippen LogP contribution in [0.15, 0.2) is 18.3 Å². The van der Waals surface area contributed by atoms with E-state index in [1.54, 1.807) is 6.20 Å². The molecule has 3 unspecified atom stereocenters. The molecule has 2 aliphatic rings. The highest BCUT2D eigenvalue weighted by molar-refractivity contribution is 5.54. The first-order valence-electron chi connectivity index (χ1n) is 8.21. The van der Waals surface area contributed by atoms with E-state index in [1.165, 1.54) is 19.3 Å². The Bertz CT molecular complexity index is 521. The molecular weight excluding hydrogens is 260 g/mol. The zero-order valence-corrected chi connectivity index (χ0v) is 13.9. The number of nitrogens with zero attached hydrogens (tertiary/aromatic N) is 1. The van der Waals surface area contributed by atoms with Crippen molar-refractivity contribution in [1.82, 2.24) is 4.98 Å². The van der Waals surface area contributed by atoms with Crippen molar-refractivity contribution >= 4 is 5.69 Å². The molecule has 116 valence electrons. The van der Waals surface area contributed by atoms with Gasteiger partial charge in [-0.3, -0.25) is 0 Å². The second kappa shape index (κ2) is 4.89. The fourth-order valence-corrected chi connectivity index (χ4v) is 4.64. The second-order valence-corrected chi connectivity index (χ2v) is 8.02. The molecule has 0 aromatic carbocycles. The number of rotatable bonds is 4. The molecule has 3 rings (SSSR count). The monoisotopic (exact) mass is 288 g/mol. The average Bonchev–Trinajstić information content (AvgIpc) is 2.87. The lowest BCUT2D eigenvalue weighted by Crippen LogP contribution is -2.45. The summed E-state index contributed by atoms with van der Waals surface area (Å²) < 4.78 is 5.86. The van der Waals surface area contributed by atoms with Crippen molar-refractivity contribution < 1.29 is 4.74 Å². The number of fused-ring (bicyclic) bond motifs is 2. The van der Waals surface area contributed by atoms with Crippen molar-refractivity contribution in [2.24, 2.45) is 16.7 Å². The standard InChI is InChI=1S/C18H28N2O/c1-12(2)21-15-14(7-6-10-19-15)20-16-17(3,4)13-8-9-18(16,5)11-13/h6-7,10,12-13,16,20H,8-9,11H2,1-5H3. The van der Waals surface area contributed by atoms with Gasteiger partial charge in [-0.1, -0.05) is 20.8 Å². The molecule has 21 heavy (non-hydrogen) atoms. The Hall–Kier alpha value is -1.25. The summed E-state index contributed by atoms with van der Waals surface area (Å²) in [6, 6.07) is 4.57. The molecular formula is C18H28N2O. The molecule has 0 spiro atoms. The normalized spacial score (nSPS) is 33.4. The lowest BCUT2D eigenvalue weighted by Gasteiger charge is -2.43. The van der Waals surface area contributed by atoms with E-state index >= 15 is 0 Å². The van der Waals surface area contributed by atoms with Gasteiger partial charge in [-0.2, -0.15) is 0 Å². The van der Waals surface area contributed by atoms with Crippen molar-refractivity contribution in [3.8, 4) is 5.88 Å². The van der Waals surface area contributed by atoms with Gasteiger partial charge in [0.1, 0.15) is 0 Å². The predicted molar refractivity (Wildman–Crippen MR) is 86.6 cm³/mol. The van der Waals surface area contributed by atoms with Crippen molar-refractivity contribution in [3.63, 3.8) is 0 Å². The Morgan fingerprint density at radius 2 is 2.10 bits per heavy atom. The molecule has 2 bridgehead atoms. The molecule has 1 heterocycles. The van der Waals surface area contributed by atoms with Crippen LogP contribution in [0, 0.1) is 16.7 Å². The Balaban J connectivity index is 1.87. The van der Waals surface area contributed by atoms with Gasteiger partial charge in [0.25, 0.3) is 0 Å². The molecule has 0 aliphatic heterocycles. The first kappa shape index (κ1) is 14.7. The Kier molecular flexibility index (Phi) is 3.42. The molecule has 1 aromatic rings. The van der Waals surface area contributed by atoms with E-state index in [4.69, 9.17) is 4.74 Å². The van der Waals surface area contributed by atoms with Crippen LogP contribution in [0.2, 0.25) is 0 Å². The number of anilines is 1. The van der Waals surface area contributed by atoms with Crippen LogP contribution in [0.1, 0.15) is 53.9 Å². The van der Waals surface area contributed by atoms with Gasteiger partial charge in [-0.05, 0) is 62.0 Å². The van der Waals surface area contributed by atoms with E-state index in [-0.39, 0.29) is 6.10 Å². The summed E-state index contributed by atoms with van der Waals surface area (Å²) in [5, 5.41) is 3.79. The maximum absolute atomic E-state index is 5.86. The molecule has 3 nitrogen and oxygen atoms in total. The molecule has 0 amide bonds. The lowest BCUT2D eigenvalue weighted by atomic mass is 9.68. The Morgan fingerprint density at radius 3 is 2.71 bits per heavy atom. The van der Waals surface area contributed by atoms with Gasteiger partial charge in [0, 0.05) is 12.2 Å². The van der Waals surface area contributed by atoms with E-state index in [9.17, 15) is 0 Å². The summed E-state index contributed by atoms with van der Waals surface area (Å²) in [4.78, 5) is 4.41. The number of nitrogens with one attached hydrogen (secondary N) is 1. The second-order valence-electron chi connectivity index (χ2n) is 8.02. The van der Waals surface area contributed by atoms with Crippen molar-refractivity contribution in [1.29, 1.82) is 0 Å². The van der Waals surface area contributed by atoms with Crippen LogP contribution < -0.4 is 10.1 Å². The van der Waals surface area contributed by atoms with E-state index < -0.39 is 0 Å². The fraction of sp³-hybridized carbons (Fsp3) is 0.722. The molecule has 2 fully saturated rings. The predicted octanol–water partition coefficient (Wildman–Crippen LogP) is 4.50. The number of ether oxygens (including phenoxy) is 1. The van der Waals surface area contributed by atoms with Crippen LogP contribution >= 0.6 is 0 Å². The van der Waals surface area contributed by atoms with Crippen molar-refractivity contribution in [3.05, 3.63) is 18.3 Å². The third-order valence-electron chi connectivity index (χ3n) is 5.69. The van der Waals surface area contributed by atoms with Gasteiger partial charge in [0.15, 0.2) is 0 Å². The Labute approximate surface area is 128 Å². The maximum atomic E-state index is 5.86. The smallest absolute Gasteiger partial charge is 0.237 e. The van der Waals surface area contributed by atoms with Gasteiger partial charge in [0.2, 0.25) is 5.88 Å². The topological polar surface area (TPSA) is 34.1 Å². The van der Waals surface area contributed by atoms with Crippen LogP contribution in [0.5, 0.6) is 5.88 Å². The van der Waals surface area contributed by atoms with E-state index in [0.29, 0.717) is 16.9 Å². The van der Waals surface area contributed by atoms with Crippen molar-refractivity contribution in [2.75, 3.05) is 5.32 Å². The highest BCUT2D eigenvalue weighted by Crippen LogP contribution is 2.63. The molecule has 0 radical (unpaired) electrons. The third-order valence-corrected chi connectivity index (χ3v) is 5.69. The summed E-state index contributed by atoms with van der Waals surface area (Å²) in [7, 11) is 0. The van der Waals surface area contributed by atoms with Crippen LogP contribution in [0.4, 0.5) is 5.69 Å². The van der Waals surface area contributed by atoms with Gasteiger partial charge < -0.3 is 10.1 Å². The zero-order chi connectivity index (χ0) is 15.3. The van der Waals surface area contributed by atoms with E-state index in [1.807, 2.05) is 19.9 Å². The number of hydrogen-bond donors (Lipinski definition) is 1. The van der Waals surface area contributed by atoms with Crippen LogP contribution in [-0.4, -0.2) is 17.1 Å². The number of aromatic nitrogens is 1. The average molecular weight is 288 g/mol. The largest absolute Gasteiger partial charge is 0.473 e. The van der Waals surface area contributed by atoms with Crippen LogP contribution in [-0.2, 0) is 0 Å². The fourth-order valence-electron chi connectivity index (χ4n) is 4.64. The summed E-state index contributed by atoms with van der Waals surface area (Å²) in [6.45, 7) is 11.4. The van der Waals surface area contributed by atoms with Crippen LogP contribution in [0.25, 0.3) is 0 Å². The van der Waals surface area contributed by atoms with Gasteiger partial charge >= 0.3 is 0 Å². The summed E-state index contributed by atoms with van der Waals surface area (Å²) in [5.41, 5.74) is 1.77. The van der Waals surface area contributed by atoms with Gasteiger partial charge in [-0.25, -0.2) is 4.98 Å². The molecule has 1 N–H and O–H groups in total. The molecule has 0 saturated heterocycles. The SMILES string of the molecule is CC(C)Oc1ncccc1NC1C2(C)CCC(C2)C1(C)C. The number of pyridine rings is 1. The lowest BCUT2D eigenvalue weighted by molar-refractivity contribution is 0.154. The Morgan fingerprint density at radius 1 is 1.33 bits per heavy atom. The van der Waals surface area contributed by atoms with Crippen molar-refractivity contribution in [2.45, 2.75) is 66.0 Å². The first-order chi connectivity index (χ1) is 9.83. The maximum Gasteiger partial charge on any atom is 0.237 e.